The zero-order valence-electron chi connectivity index (χ0n) is 9.80. The van der Waals surface area contributed by atoms with Gasteiger partial charge in [0.1, 0.15) is 5.82 Å². The molecule has 6 heteroatoms. The Morgan fingerprint density at radius 1 is 1.50 bits per heavy atom. The number of hydrogen-bond acceptors (Lipinski definition) is 5. The minimum Gasteiger partial charge on any atom is -0.504 e. The number of H-pyrrole nitrogens is 1. The number of anilines is 1. The molecule has 2 rings (SSSR count). The number of methoxy groups -OCH3 is 1. The summed E-state index contributed by atoms with van der Waals surface area (Å²) in [5.74, 6) is 1.04. The average molecular weight is 263 g/mol. The molecule has 0 aliphatic heterocycles. The largest absolute Gasteiger partial charge is 0.504 e. The fourth-order valence-corrected chi connectivity index (χ4v) is 1.80. The van der Waals surface area contributed by atoms with Crippen LogP contribution in [0.15, 0.2) is 24.4 Å². The molecule has 0 spiro atoms. The Labute approximate surface area is 109 Å². The van der Waals surface area contributed by atoms with E-state index in [4.69, 9.17) is 22.7 Å². The summed E-state index contributed by atoms with van der Waals surface area (Å²) in [7, 11) is 1.51. The molecule has 0 fully saturated rings. The number of rotatable bonds is 3. The third kappa shape index (κ3) is 2.60. The predicted octanol–water partition coefficient (Wildman–Crippen LogP) is 2.03. The number of phenolic OH excluding ortho intramolecular Hbond substituents is 1. The van der Waals surface area contributed by atoms with E-state index in [1.54, 1.807) is 18.3 Å². The second-order valence-corrected chi connectivity index (χ2v) is 4.20. The van der Waals surface area contributed by atoms with Crippen LogP contribution in [0.3, 0.4) is 0 Å². The Kier molecular flexibility index (Phi) is 3.47. The number of nitrogens with one attached hydrogen (secondary N) is 1. The van der Waals surface area contributed by atoms with Gasteiger partial charge in [-0.2, -0.15) is 0 Å². The van der Waals surface area contributed by atoms with Crippen LogP contribution >= 0.6 is 12.2 Å². The summed E-state index contributed by atoms with van der Waals surface area (Å²) in [6.45, 7) is 0. The highest BCUT2D eigenvalue weighted by Crippen LogP contribution is 2.27. The first kappa shape index (κ1) is 12.4. The zero-order valence-corrected chi connectivity index (χ0v) is 10.6. The SMILES string of the molecule is COc1ccc(Cc2cnc(=S)[nH]c2N)cc1O. The summed E-state index contributed by atoms with van der Waals surface area (Å²) < 4.78 is 5.34. The minimum absolute atomic E-state index is 0.102. The van der Waals surface area contributed by atoms with Gasteiger partial charge in [-0.3, -0.25) is 0 Å². The Hall–Kier alpha value is -2.08. The summed E-state index contributed by atoms with van der Waals surface area (Å²) in [6, 6.07) is 5.21. The molecule has 4 N–H and O–H groups in total. The third-order valence-corrected chi connectivity index (χ3v) is 2.77. The minimum atomic E-state index is 0.102. The maximum atomic E-state index is 9.69. The molecular weight excluding hydrogens is 250 g/mol. The van der Waals surface area contributed by atoms with Crippen molar-refractivity contribution in [1.82, 2.24) is 9.97 Å². The van der Waals surface area contributed by atoms with Crippen LogP contribution in [0, 0.1) is 4.77 Å². The lowest BCUT2D eigenvalue weighted by atomic mass is 10.1. The fourth-order valence-electron chi connectivity index (χ4n) is 1.64. The molecule has 0 aliphatic rings. The molecule has 1 aromatic carbocycles. The van der Waals surface area contributed by atoms with Crippen molar-refractivity contribution in [2.45, 2.75) is 6.42 Å². The van der Waals surface area contributed by atoms with Crippen molar-refractivity contribution < 1.29 is 9.84 Å². The predicted molar refractivity (Wildman–Crippen MR) is 71.3 cm³/mol. The first-order chi connectivity index (χ1) is 8.60. The summed E-state index contributed by atoms with van der Waals surface area (Å²) in [6.07, 6.45) is 2.19. The molecular formula is C12H13N3O2S. The van der Waals surface area contributed by atoms with E-state index in [1.807, 2.05) is 6.07 Å². The molecule has 18 heavy (non-hydrogen) atoms. The van der Waals surface area contributed by atoms with Gasteiger partial charge >= 0.3 is 0 Å². The highest BCUT2D eigenvalue weighted by molar-refractivity contribution is 7.71. The van der Waals surface area contributed by atoms with E-state index >= 15 is 0 Å². The van der Waals surface area contributed by atoms with Crippen molar-refractivity contribution >= 4 is 18.0 Å². The standard InChI is InChI=1S/C12H13N3O2S/c1-17-10-3-2-7(5-9(10)16)4-8-6-14-12(18)15-11(8)13/h2-3,5-6,16H,4H2,1H3,(H3,13,14,15,18). The maximum Gasteiger partial charge on any atom is 0.198 e. The van der Waals surface area contributed by atoms with E-state index in [2.05, 4.69) is 9.97 Å². The van der Waals surface area contributed by atoms with Gasteiger partial charge in [-0.05, 0) is 29.9 Å². The van der Waals surface area contributed by atoms with E-state index in [9.17, 15) is 5.11 Å². The highest BCUT2D eigenvalue weighted by atomic mass is 32.1. The maximum absolute atomic E-state index is 9.69. The van der Waals surface area contributed by atoms with Crippen LogP contribution in [-0.4, -0.2) is 22.2 Å². The van der Waals surface area contributed by atoms with Crippen LogP contribution in [0.1, 0.15) is 11.1 Å². The topological polar surface area (TPSA) is 84.2 Å². The van der Waals surface area contributed by atoms with Gasteiger partial charge in [-0.15, -0.1) is 0 Å². The smallest absolute Gasteiger partial charge is 0.198 e. The molecule has 2 aromatic rings. The van der Waals surface area contributed by atoms with Gasteiger partial charge in [0.25, 0.3) is 0 Å². The summed E-state index contributed by atoms with van der Waals surface area (Å²) >= 11 is 4.87. The molecule has 0 bridgehead atoms. The van der Waals surface area contributed by atoms with Crippen molar-refractivity contribution in [3.63, 3.8) is 0 Å². The lowest BCUT2D eigenvalue weighted by molar-refractivity contribution is 0.373. The molecule has 0 saturated carbocycles. The van der Waals surface area contributed by atoms with Crippen LogP contribution in [0.4, 0.5) is 5.82 Å². The molecule has 1 heterocycles. The second-order valence-electron chi connectivity index (χ2n) is 3.81. The van der Waals surface area contributed by atoms with Crippen LogP contribution < -0.4 is 10.5 Å². The Bertz CT molecular complexity index is 625. The number of hydrogen-bond donors (Lipinski definition) is 3. The van der Waals surface area contributed by atoms with E-state index < -0.39 is 0 Å². The van der Waals surface area contributed by atoms with Crippen molar-refractivity contribution in [2.75, 3.05) is 12.8 Å². The van der Waals surface area contributed by atoms with E-state index in [0.717, 1.165) is 11.1 Å². The average Bonchev–Trinajstić information content (AvgIpc) is 2.33. The molecule has 0 atom stereocenters. The Morgan fingerprint density at radius 2 is 2.28 bits per heavy atom. The molecule has 1 aromatic heterocycles. The van der Waals surface area contributed by atoms with Crippen LogP contribution in [0.2, 0.25) is 0 Å². The second kappa shape index (κ2) is 5.05. The normalized spacial score (nSPS) is 10.3. The molecule has 0 radical (unpaired) electrons. The van der Waals surface area contributed by atoms with Crippen molar-refractivity contribution in [3.05, 3.63) is 40.3 Å². The fraction of sp³-hybridized carbons (Fsp3) is 0.167. The number of ether oxygens (including phenoxy) is 1. The van der Waals surface area contributed by atoms with Crippen LogP contribution in [0.25, 0.3) is 0 Å². The van der Waals surface area contributed by atoms with Crippen molar-refractivity contribution in [3.8, 4) is 11.5 Å². The van der Waals surface area contributed by atoms with E-state index in [1.165, 1.54) is 7.11 Å². The molecule has 0 unspecified atom stereocenters. The number of nitrogen functional groups attached to an aromatic ring is 1. The van der Waals surface area contributed by atoms with Gasteiger partial charge in [-0.1, -0.05) is 6.07 Å². The van der Waals surface area contributed by atoms with Crippen molar-refractivity contribution in [2.24, 2.45) is 0 Å². The van der Waals surface area contributed by atoms with Gasteiger partial charge in [0.2, 0.25) is 0 Å². The van der Waals surface area contributed by atoms with Crippen LogP contribution in [-0.2, 0) is 6.42 Å². The van der Waals surface area contributed by atoms with Gasteiger partial charge in [0, 0.05) is 18.2 Å². The Morgan fingerprint density at radius 3 is 2.89 bits per heavy atom. The number of phenols is 1. The van der Waals surface area contributed by atoms with Gasteiger partial charge in [0.15, 0.2) is 16.3 Å². The number of aromatic amines is 1. The van der Waals surface area contributed by atoms with E-state index in [0.29, 0.717) is 22.8 Å². The monoisotopic (exact) mass is 263 g/mol. The lowest BCUT2D eigenvalue weighted by Gasteiger charge is -2.07. The van der Waals surface area contributed by atoms with E-state index in [-0.39, 0.29) is 5.75 Å². The first-order valence-electron chi connectivity index (χ1n) is 5.29. The van der Waals surface area contributed by atoms with Gasteiger partial charge in [-0.25, -0.2) is 4.98 Å². The van der Waals surface area contributed by atoms with Gasteiger partial charge < -0.3 is 20.6 Å². The molecule has 0 aliphatic carbocycles. The number of aromatic hydroxyl groups is 1. The molecule has 94 valence electrons. The molecule has 5 nitrogen and oxygen atoms in total. The lowest BCUT2D eigenvalue weighted by Crippen LogP contribution is -2.00. The quantitative estimate of drug-likeness (QED) is 0.738. The first-order valence-corrected chi connectivity index (χ1v) is 5.70. The van der Waals surface area contributed by atoms with Gasteiger partial charge in [0.05, 0.1) is 7.11 Å². The van der Waals surface area contributed by atoms with Crippen molar-refractivity contribution in [1.29, 1.82) is 0 Å². The molecule has 0 saturated heterocycles. The molecule has 0 amide bonds. The Balaban J connectivity index is 2.28. The number of aromatic nitrogens is 2. The summed E-state index contributed by atoms with van der Waals surface area (Å²) in [4.78, 5) is 6.77. The summed E-state index contributed by atoms with van der Waals surface area (Å²) in [5, 5.41) is 9.69. The number of benzene rings is 1. The highest BCUT2D eigenvalue weighted by Gasteiger charge is 2.06. The van der Waals surface area contributed by atoms with Crippen LogP contribution in [0.5, 0.6) is 11.5 Å². The summed E-state index contributed by atoms with van der Waals surface area (Å²) in [5.41, 5.74) is 7.55. The number of nitrogens with two attached hydrogens (primary N) is 1. The third-order valence-electron chi connectivity index (χ3n) is 2.56. The zero-order chi connectivity index (χ0) is 13.1. The number of nitrogens with zero attached hydrogens (tertiary/aromatic N) is 1.